The Morgan fingerprint density at radius 1 is 1.23 bits per heavy atom. The molecule has 0 fully saturated rings. The molecule has 1 unspecified atom stereocenters. The summed E-state index contributed by atoms with van der Waals surface area (Å²) in [6, 6.07) is 8.84. The number of benzene rings is 1. The fraction of sp³-hybridized carbons (Fsp3) is 0.353. The lowest BCUT2D eigenvalue weighted by Gasteiger charge is -2.17. The summed E-state index contributed by atoms with van der Waals surface area (Å²) >= 11 is 0. The summed E-state index contributed by atoms with van der Waals surface area (Å²) in [5, 5.41) is 0. The number of methoxy groups -OCH3 is 2. The van der Waals surface area contributed by atoms with Crippen molar-refractivity contribution >= 4 is 0 Å². The molecule has 118 valence electrons. The van der Waals surface area contributed by atoms with Gasteiger partial charge in [-0.3, -0.25) is 4.79 Å². The van der Waals surface area contributed by atoms with Crippen LogP contribution in [0.4, 0.5) is 0 Å². The van der Waals surface area contributed by atoms with Crippen LogP contribution in [0, 0.1) is 6.92 Å². The second-order valence-corrected chi connectivity index (χ2v) is 5.18. The molecule has 5 heteroatoms. The smallest absolute Gasteiger partial charge is 0.255 e. The molecule has 0 bridgehead atoms. The molecule has 0 aliphatic rings. The number of rotatable bonds is 6. The van der Waals surface area contributed by atoms with Gasteiger partial charge in [-0.15, -0.1) is 0 Å². The monoisotopic (exact) mass is 302 g/mol. The van der Waals surface area contributed by atoms with E-state index >= 15 is 0 Å². The zero-order valence-corrected chi connectivity index (χ0v) is 13.2. The van der Waals surface area contributed by atoms with E-state index in [9.17, 15) is 4.79 Å². The molecule has 2 rings (SSSR count). The highest BCUT2D eigenvalue weighted by atomic mass is 16.5. The Bertz CT molecular complexity index is 695. The minimum Gasteiger partial charge on any atom is -0.496 e. The number of hydrogen-bond donors (Lipinski definition) is 1. The van der Waals surface area contributed by atoms with Crippen molar-refractivity contribution in [3.8, 4) is 5.75 Å². The molecule has 0 aliphatic carbocycles. The highest BCUT2D eigenvalue weighted by Crippen LogP contribution is 2.27. The SMILES string of the molecule is COCCn1cccc(C(N)c2cc(C)ccc2OC)c1=O. The molecule has 0 saturated heterocycles. The summed E-state index contributed by atoms with van der Waals surface area (Å²) in [6.07, 6.45) is 1.74. The average molecular weight is 302 g/mol. The normalized spacial score (nSPS) is 12.2. The Kier molecular flexibility index (Phi) is 5.35. The standard InChI is InChI=1S/C17H22N2O3/c1-12-6-7-15(22-3)14(11-12)16(18)13-5-4-8-19(17(13)20)9-10-21-2/h4-8,11,16H,9-10,18H2,1-3H3. The summed E-state index contributed by atoms with van der Waals surface area (Å²) in [6.45, 7) is 2.96. The lowest BCUT2D eigenvalue weighted by Crippen LogP contribution is -2.29. The third-order valence-electron chi connectivity index (χ3n) is 3.64. The number of ether oxygens (including phenoxy) is 2. The van der Waals surface area contributed by atoms with E-state index in [2.05, 4.69) is 0 Å². The molecule has 1 heterocycles. The third kappa shape index (κ3) is 3.37. The highest BCUT2D eigenvalue weighted by molar-refractivity contribution is 5.43. The summed E-state index contributed by atoms with van der Waals surface area (Å²) in [7, 11) is 3.21. The first-order valence-corrected chi connectivity index (χ1v) is 7.17. The molecular weight excluding hydrogens is 280 g/mol. The van der Waals surface area contributed by atoms with E-state index in [1.54, 1.807) is 31.0 Å². The second kappa shape index (κ2) is 7.24. The van der Waals surface area contributed by atoms with Crippen molar-refractivity contribution in [1.29, 1.82) is 0 Å². The van der Waals surface area contributed by atoms with E-state index < -0.39 is 6.04 Å². The molecule has 0 saturated carbocycles. The van der Waals surface area contributed by atoms with Gasteiger partial charge in [-0.2, -0.15) is 0 Å². The van der Waals surface area contributed by atoms with Gasteiger partial charge in [0.05, 0.1) is 19.8 Å². The Labute approximate surface area is 130 Å². The Morgan fingerprint density at radius 2 is 2.00 bits per heavy atom. The van der Waals surface area contributed by atoms with E-state index in [0.29, 0.717) is 24.5 Å². The van der Waals surface area contributed by atoms with Crippen molar-refractivity contribution in [3.63, 3.8) is 0 Å². The second-order valence-electron chi connectivity index (χ2n) is 5.18. The van der Waals surface area contributed by atoms with Crippen LogP contribution in [0.3, 0.4) is 0 Å². The summed E-state index contributed by atoms with van der Waals surface area (Å²) in [5.74, 6) is 0.685. The van der Waals surface area contributed by atoms with Crippen LogP contribution < -0.4 is 16.0 Å². The van der Waals surface area contributed by atoms with Crippen LogP contribution in [0.1, 0.15) is 22.7 Å². The number of nitrogens with two attached hydrogens (primary N) is 1. The van der Waals surface area contributed by atoms with Crippen LogP contribution in [0.2, 0.25) is 0 Å². The average Bonchev–Trinajstić information content (AvgIpc) is 2.53. The maximum absolute atomic E-state index is 12.6. The minimum atomic E-state index is -0.530. The van der Waals surface area contributed by atoms with Gasteiger partial charge >= 0.3 is 0 Å². The van der Waals surface area contributed by atoms with E-state index in [1.165, 1.54) is 0 Å². The third-order valence-corrected chi connectivity index (χ3v) is 3.64. The molecule has 0 radical (unpaired) electrons. The fourth-order valence-electron chi connectivity index (χ4n) is 2.42. The molecule has 1 aromatic heterocycles. The first-order chi connectivity index (χ1) is 10.6. The molecule has 5 nitrogen and oxygen atoms in total. The van der Waals surface area contributed by atoms with Crippen LogP contribution >= 0.6 is 0 Å². The summed E-state index contributed by atoms with van der Waals surface area (Å²) < 4.78 is 12.0. The number of pyridine rings is 1. The summed E-state index contributed by atoms with van der Waals surface area (Å²) in [5.41, 5.74) is 8.66. The van der Waals surface area contributed by atoms with Crippen molar-refractivity contribution in [3.05, 3.63) is 63.6 Å². The maximum atomic E-state index is 12.6. The molecular formula is C17H22N2O3. The van der Waals surface area contributed by atoms with Crippen molar-refractivity contribution in [2.45, 2.75) is 19.5 Å². The van der Waals surface area contributed by atoms with Crippen LogP contribution in [-0.4, -0.2) is 25.4 Å². The first-order valence-electron chi connectivity index (χ1n) is 7.17. The van der Waals surface area contributed by atoms with Crippen LogP contribution in [-0.2, 0) is 11.3 Å². The van der Waals surface area contributed by atoms with Crippen molar-refractivity contribution in [2.75, 3.05) is 20.8 Å². The predicted octanol–water partition coefficient (Wildman–Crippen LogP) is 1.86. The van der Waals surface area contributed by atoms with Crippen molar-refractivity contribution < 1.29 is 9.47 Å². The lowest BCUT2D eigenvalue weighted by molar-refractivity contribution is 0.186. The van der Waals surface area contributed by atoms with Gasteiger partial charge in [0.25, 0.3) is 5.56 Å². The molecule has 2 aromatic rings. The molecule has 2 N–H and O–H groups in total. The molecule has 1 aromatic carbocycles. The molecule has 1 atom stereocenters. The van der Waals surface area contributed by atoms with E-state index in [0.717, 1.165) is 11.1 Å². The van der Waals surface area contributed by atoms with E-state index in [1.807, 2.05) is 31.2 Å². The summed E-state index contributed by atoms with van der Waals surface area (Å²) in [4.78, 5) is 12.6. The Hall–Kier alpha value is -2.11. The quantitative estimate of drug-likeness (QED) is 0.884. The van der Waals surface area contributed by atoms with Gasteiger partial charge in [-0.05, 0) is 19.1 Å². The van der Waals surface area contributed by atoms with Gasteiger partial charge in [0.15, 0.2) is 0 Å². The van der Waals surface area contributed by atoms with Gasteiger partial charge in [0.2, 0.25) is 0 Å². The first kappa shape index (κ1) is 16.3. The van der Waals surface area contributed by atoms with Gasteiger partial charge in [0.1, 0.15) is 5.75 Å². The number of aromatic nitrogens is 1. The molecule has 0 amide bonds. The Balaban J connectivity index is 2.44. The van der Waals surface area contributed by atoms with Gasteiger partial charge in [-0.1, -0.05) is 23.8 Å². The van der Waals surface area contributed by atoms with Crippen molar-refractivity contribution in [2.24, 2.45) is 5.73 Å². The number of nitrogens with zero attached hydrogens (tertiary/aromatic N) is 1. The largest absolute Gasteiger partial charge is 0.496 e. The topological polar surface area (TPSA) is 66.5 Å². The van der Waals surface area contributed by atoms with E-state index in [4.69, 9.17) is 15.2 Å². The van der Waals surface area contributed by atoms with Crippen LogP contribution in [0.15, 0.2) is 41.3 Å². The molecule has 22 heavy (non-hydrogen) atoms. The highest BCUT2D eigenvalue weighted by Gasteiger charge is 2.18. The number of aryl methyl sites for hydroxylation is 1. The number of hydrogen-bond acceptors (Lipinski definition) is 4. The molecule has 0 aliphatic heterocycles. The van der Waals surface area contributed by atoms with Crippen molar-refractivity contribution in [1.82, 2.24) is 4.57 Å². The zero-order chi connectivity index (χ0) is 16.1. The predicted molar refractivity (Wildman–Crippen MR) is 86.3 cm³/mol. The zero-order valence-electron chi connectivity index (χ0n) is 13.2. The van der Waals surface area contributed by atoms with Gasteiger partial charge < -0.3 is 19.8 Å². The van der Waals surface area contributed by atoms with Gasteiger partial charge in [0, 0.05) is 31.0 Å². The molecule has 0 spiro atoms. The fourth-order valence-corrected chi connectivity index (χ4v) is 2.42. The minimum absolute atomic E-state index is 0.101. The van der Waals surface area contributed by atoms with Crippen LogP contribution in [0.5, 0.6) is 5.75 Å². The van der Waals surface area contributed by atoms with E-state index in [-0.39, 0.29) is 5.56 Å². The maximum Gasteiger partial charge on any atom is 0.255 e. The van der Waals surface area contributed by atoms with Gasteiger partial charge in [-0.25, -0.2) is 0 Å². The Morgan fingerprint density at radius 3 is 2.68 bits per heavy atom. The van der Waals surface area contributed by atoms with Crippen LogP contribution in [0.25, 0.3) is 0 Å². The lowest BCUT2D eigenvalue weighted by atomic mass is 9.98.